The minimum atomic E-state index is -0.898. The lowest BCUT2D eigenvalue weighted by Gasteiger charge is -2.28. The molecule has 0 spiro atoms. The molecule has 2 atom stereocenters. The van der Waals surface area contributed by atoms with E-state index in [4.69, 9.17) is 16.3 Å². The van der Waals surface area contributed by atoms with Crippen LogP contribution in [0.3, 0.4) is 0 Å². The van der Waals surface area contributed by atoms with Gasteiger partial charge in [0.1, 0.15) is 11.3 Å². The van der Waals surface area contributed by atoms with Gasteiger partial charge in [0.25, 0.3) is 0 Å². The molecule has 2 unspecified atom stereocenters. The predicted octanol–water partition coefficient (Wildman–Crippen LogP) is 3.20. The number of ether oxygens (including phenoxy) is 1. The molecule has 136 valence electrons. The van der Waals surface area contributed by atoms with Crippen molar-refractivity contribution in [3.8, 4) is 11.8 Å². The second-order valence-electron chi connectivity index (χ2n) is 6.47. The third-order valence-electron chi connectivity index (χ3n) is 4.82. The van der Waals surface area contributed by atoms with Crippen molar-refractivity contribution in [1.82, 2.24) is 25.1 Å². The summed E-state index contributed by atoms with van der Waals surface area (Å²) < 4.78 is 21.3. The van der Waals surface area contributed by atoms with Crippen molar-refractivity contribution in [2.75, 3.05) is 20.2 Å². The number of aryl methyl sites for hydroxylation is 1. The molecule has 3 aromatic rings. The number of nitrogens with zero attached hydrogens (tertiary/aromatic N) is 4. The Balaban J connectivity index is 1.85. The summed E-state index contributed by atoms with van der Waals surface area (Å²) >= 11 is 6.07. The number of rotatable bonds is 3. The molecule has 0 amide bonds. The first kappa shape index (κ1) is 17.2. The van der Waals surface area contributed by atoms with Gasteiger partial charge in [0, 0.05) is 23.9 Å². The first-order chi connectivity index (χ1) is 12.6. The van der Waals surface area contributed by atoms with Crippen LogP contribution < -0.4 is 10.1 Å². The zero-order valence-corrected chi connectivity index (χ0v) is 15.3. The van der Waals surface area contributed by atoms with Crippen LogP contribution in [0.1, 0.15) is 23.5 Å². The first-order valence-electron chi connectivity index (χ1n) is 8.49. The largest absolute Gasteiger partial charge is 0.467 e. The second-order valence-corrected chi connectivity index (χ2v) is 6.86. The van der Waals surface area contributed by atoms with Crippen LogP contribution in [-0.2, 0) is 0 Å². The molecule has 1 N–H and O–H groups in total. The van der Waals surface area contributed by atoms with Crippen LogP contribution in [0, 0.1) is 6.92 Å². The highest BCUT2D eigenvalue weighted by atomic mass is 35.5. The van der Waals surface area contributed by atoms with Gasteiger partial charge < -0.3 is 10.1 Å². The van der Waals surface area contributed by atoms with Crippen LogP contribution in [0.2, 0.25) is 5.15 Å². The molecule has 1 fully saturated rings. The molecule has 0 saturated carbocycles. The Kier molecular flexibility index (Phi) is 4.50. The first-order valence-corrected chi connectivity index (χ1v) is 8.86. The minimum Gasteiger partial charge on any atom is -0.467 e. The third kappa shape index (κ3) is 3.01. The second kappa shape index (κ2) is 6.81. The van der Waals surface area contributed by atoms with Crippen molar-refractivity contribution in [3.05, 3.63) is 40.7 Å². The molecule has 2 aromatic heterocycles. The van der Waals surface area contributed by atoms with E-state index >= 15 is 0 Å². The minimum absolute atomic E-state index is 0.118. The Hall–Kier alpha value is -2.25. The van der Waals surface area contributed by atoms with Gasteiger partial charge in [-0.25, -0.2) is 9.07 Å². The van der Waals surface area contributed by atoms with E-state index in [0.29, 0.717) is 12.4 Å². The molecule has 8 heteroatoms. The van der Waals surface area contributed by atoms with Gasteiger partial charge in [-0.15, -0.1) is 0 Å². The van der Waals surface area contributed by atoms with Crippen molar-refractivity contribution in [2.24, 2.45) is 0 Å². The number of nitrogens with one attached hydrogen (secondary N) is 1. The standard InChI is InChI=1S/C18H19ClFN5O/c1-10-5-11-8-22-25(17-7-16(19)23-18(24-17)26-2)15(11)6-13(10)12-3-4-21-9-14(12)20/h5-8,12,14,21H,3-4,9H2,1-2H3. The molecule has 0 bridgehead atoms. The van der Waals surface area contributed by atoms with E-state index < -0.39 is 6.17 Å². The number of hydrogen-bond acceptors (Lipinski definition) is 5. The fourth-order valence-electron chi connectivity index (χ4n) is 3.54. The number of benzene rings is 1. The number of alkyl halides is 1. The van der Waals surface area contributed by atoms with E-state index in [1.54, 1.807) is 16.9 Å². The van der Waals surface area contributed by atoms with Crippen molar-refractivity contribution in [3.63, 3.8) is 0 Å². The van der Waals surface area contributed by atoms with Gasteiger partial charge in [-0.05, 0) is 43.1 Å². The SMILES string of the molecule is COc1nc(Cl)cc(-n2ncc3cc(C)c(C4CCNCC4F)cc32)n1. The van der Waals surface area contributed by atoms with E-state index in [0.717, 1.165) is 35.0 Å². The van der Waals surface area contributed by atoms with Gasteiger partial charge in [-0.2, -0.15) is 15.1 Å². The number of fused-ring (bicyclic) bond motifs is 1. The lowest BCUT2D eigenvalue weighted by Crippen LogP contribution is -2.36. The summed E-state index contributed by atoms with van der Waals surface area (Å²) in [4.78, 5) is 8.31. The molecule has 1 saturated heterocycles. The Bertz CT molecular complexity index is 960. The maximum atomic E-state index is 14.5. The highest BCUT2D eigenvalue weighted by molar-refractivity contribution is 6.29. The molecular weight excluding hydrogens is 357 g/mol. The van der Waals surface area contributed by atoms with Crippen LogP contribution in [0.25, 0.3) is 16.7 Å². The molecule has 3 heterocycles. The monoisotopic (exact) mass is 375 g/mol. The van der Waals surface area contributed by atoms with Crippen LogP contribution in [0.15, 0.2) is 24.4 Å². The van der Waals surface area contributed by atoms with E-state index in [2.05, 4.69) is 20.4 Å². The summed E-state index contributed by atoms with van der Waals surface area (Å²) in [5.74, 6) is 0.390. The van der Waals surface area contributed by atoms with Crippen LogP contribution in [0.4, 0.5) is 4.39 Å². The molecule has 4 rings (SSSR count). The maximum absolute atomic E-state index is 14.5. The van der Waals surface area contributed by atoms with Crippen LogP contribution >= 0.6 is 11.6 Å². The van der Waals surface area contributed by atoms with E-state index in [-0.39, 0.29) is 17.1 Å². The molecule has 1 aliphatic rings. The van der Waals surface area contributed by atoms with E-state index in [9.17, 15) is 4.39 Å². The highest BCUT2D eigenvalue weighted by Crippen LogP contribution is 2.33. The summed E-state index contributed by atoms with van der Waals surface area (Å²) in [7, 11) is 1.48. The van der Waals surface area contributed by atoms with Gasteiger partial charge in [0.05, 0.1) is 18.8 Å². The highest BCUT2D eigenvalue weighted by Gasteiger charge is 2.28. The average Bonchev–Trinajstić information content (AvgIpc) is 3.03. The molecule has 0 aliphatic carbocycles. The number of methoxy groups -OCH3 is 1. The molecule has 1 aliphatic heterocycles. The Morgan fingerprint density at radius 3 is 2.92 bits per heavy atom. The van der Waals surface area contributed by atoms with Crippen LogP contribution in [-0.4, -0.2) is 46.1 Å². The average molecular weight is 376 g/mol. The summed E-state index contributed by atoms with van der Waals surface area (Å²) in [6, 6.07) is 5.86. The lowest BCUT2D eigenvalue weighted by atomic mass is 9.85. The summed E-state index contributed by atoms with van der Waals surface area (Å²) in [6.07, 6.45) is 1.64. The van der Waals surface area contributed by atoms with Gasteiger partial charge in [-0.3, -0.25) is 0 Å². The fourth-order valence-corrected chi connectivity index (χ4v) is 3.71. The molecule has 1 aromatic carbocycles. The van der Waals surface area contributed by atoms with Crippen LogP contribution in [0.5, 0.6) is 6.01 Å². The summed E-state index contributed by atoms with van der Waals surface area (Å²) in [6.45, 7) is 3.23. The summed E-state index contributed by atoms with van der Waals surface area (Å²) in [5.41, 5.74) is 2.94. The molecule has 6 nitrogen and oxygen atoms in total. The number of piperidine rings is 1. The normalized spacial score (nSPS) is 20.5. The number of hydrogen-bond donors (Lipinski definition) is 1. The third-order valence-corrected chi connectivity index (χ3v) is 5.02. The number of halogens is 2. The Labute approximate surface area is 155 Å². The van der Waals surface area contributed by atoms with Gasteiger partial charge >= 0.3 is 6.01 Å². The molecule has 26 heavy (non-hydrogen) atoms. The van der Waals surface area contributed by atoms with E-state index in [1.807, 2.05) is 19.1 Å². The fraction of sp³-hybridized carbons (Fsp3) is 0.389. The van der Waals surface area contributed by atoms with Gasteiger partial charge in [0.15, 0.2) is 5.82 Å². The van der Waals surface area contributed by atoms with Crippen molar-refractivity contribution in [2.45, 2.75) is 25.4 Å². The zero-order chi connectivity index (χ0) is 18.3. The van der Waals surface area contributed by atoms with Crippen molar-refractivity contribution >= 4 is 22.5 Å². The zero-order valence-electron chi connectivity index (χ0n) is 14.5. The number of aromatic nitrogens is 4. The van der Waals surface area contributed by atoms with E-state index in [1.165, 1.54) is 7.11 Å². The lowest BCUT2D eigenvalue weighted by molar-refractivity contribution is 0.231. The van der Waals surface area contributed by atoms with Crippen molar-refractivity contribution in [1.29, 1.82) is 0 Å². The maximum Gasteiger partial charge on any atom is 0.319 e. The van der Waals surface area contributed by atoms with Crippen molar-refractivity contribution < 1.29 is 9.13 Å². The Morgan fingerprint density at radius 2 is 2.15 bits per heavy atom. The summed E-state index contributed by atoms with van der Waals surface area (Å²) in [5, 5.41) is 8.77. The predicted molar refractivity (Wildman–Crippen MR) is 98.1 cm³/mol. The molecular formula is C18H19ClFN5O. The Morgan fingerprint density at radius 1 is 1.31 bits per heavy atom. The molecule has 0 radical (unpaired) electrons. The topological polar surface area (TPSA) is 64.9 Å². The van der Waals surface area contributed by atoms with Gasteiger partial charge in [0.2, 0.25) is 0 Å². The smallest absolute Gasteiger partial charge is 0.319 e. The quantitative estimate of drug-likeness (QED) is 0.712. The van der Waals surface area contributed by atoms with Gasteiger partial charge in [-0.1, -0.05) is 11.6 Å².